The SMILES string of the molecule is O=C(C1CCC1)N1CC(CO)C1. The number of aliphatic hydroxyl groups is 1. The first-order valence-electron chi connectivity index (χ1n) is 4.71. The predicted octanol–water partition coefficient (Wildman–Crippen LogP) is 0.237. The van der Waals surface area contributed by atoms with Crippen molar-refractivity contribution in [3.8, 4) is 0 Å². The van der Waals surface area contributed by atoms with Gasteiger partial charge in [-0.2, -0.15) is 0 Å². The van der Waals surface area contributed by atoms with E-state index in [1.54, 1.807) is 0 Å². The molecule has 12 heavy (non-hydrogen) atoms. The lowest BCUT2D eigenvalue weighted by Crippen LogP contribution is -2.54. The van der Waals surface area contributed by atoms with Gasteiger partial charge in [0.25, 0.3) is 0 Å². The lowest BCUT2D eigenvalue weighted by atomic mass is 9.83. The van der Waals surface area contributed by atoms with E-state index in [-0.39, 0.29) is 6.61 Å². The molecule has 0 aromatic heterocycles. The van der Waals surface area contributed by atoms with Crippen LogP contribution in [-0.2, 0) is 4.79 Å². The summed E-state index contributed by atoms with van der Waals surface area (Å²) in [6.07, 6.45) is 3.38. The van der Waals surface area contributed by atoms with Crippen molar-refractivity contribution in [3.05, 3.63) is 0 Å². The second-order valence-electron chi connectivity index (χ2n) is 3.92. The molecule has 0 unspecified atom stereocenters. The van der Waals surface area contributed by atoms with Crippen LogP contribution in [0.2, 0.25) is 0 Å². The molecule has 1 saturated heterocycles. The zero-order valence-electron chi connectivity index (χ0n) is 7.20. The third-order valence-electron chi connectivity index (χ3n) is 2.98. The molecule has 2 rings (SSSR count). The summed E-state index contributed by atoms with van der Waals surface area (Å²) in [5.41, 5.74) is 0. The summed E-state index contributed by atoms with van der Waals surface area (Å²) >= 11 is 0. The van der Waals surface area contributed by atoms with E-state index >= 15 is 0 Å². The predicted molar refractivity (Wildman–Crippen MR) is 44.5 cm³/mol. The van der Waals surface area contributed by atoms with Crippen LogP contribution in [0, 0.1) is 11.8 Å². The highest BCUT2D eigenvalue weighted by atomic mass is 16.3. The number of carbonyl (C=O) groups excluding carboxylic acids is 1. The Labute approximate surface area is 72.4 Å². The Bertz CT molecular complexity index is 183. The minimum atomic E-state index is 0.231. The van der Waals surface area contributed by atoms with E-state index in [9.17, 15) is 4.79 Å². The molecule has 1 N–H and O–H groups in total. The first-order chi connectivity index (χ1) is 5.81. The molecule has 2 aliphatic rings. The summed E-state index contributed by atoms with van der Waals surface area (Å²) in [5, 5.41) is 8.76. The lowest BCUT2D eigenvalue weighted by molar-refractivity contribution is -0.145. The Morgan fingerprint density at radius 1 is 1.42 bits per heavy atom. The van der Waals surface area contributed by atoms with Gasteiger partial charge >= 0.3 is 0 Å². The minimum absolute atomic E-state index is 0.231. The fourth-order valence-electron chi connectivity index (χ4n) is 1.78. The van der Waals surface area contributed by atoms with Gasteiger partial charge in [-0.25, -0.2) is 0 Å². The maximum Gasteiger partial charge on any atom is 0.225 e. The van der Waals surface area contributed by atoms with Crippen LogP contribution in [0.25, 0.3) is 0 Å². The van der Waals surface area contributed by atoms with Gasteiger partial charge in [-0.15, -0.1) is 0 Å². The molecular weight excluding hydrogens is 154 g/mol. The van der Waals surface area contributed by atoms with Gasteiger partial charge in [0.2, 0.25) is 5.91 Å². The van der Waals surface area contributed by atoms with Gasteiger partial charge in [-0.1, -0.05) is 6.42 Å². The number of likely N-dealkylation sites (tertiary alicyclic amines) is 1. The highest BCUT2D eigenvalue weighted by Gasteiger charge is 2.35. The summed E-state index contributed by atoms with van der Waals surface area (Å²) in [7, 11) is 0. The number of hydrogen-bond donors (Lipinski definition) is 1. The van der Waals surface area contributed by atoms with Gasteiger partial charge in [-0.05, 0) is 12.8 Å². The van der Waals surface area contributed by atoms with Crippen molar-refractivity contribution in [2.24, 2.45) is 11.8 Å². The van der Waals surface area contributed by atoms with E-state index in [1.807, 2.05) is 4.90 Å². The normalized spacial score (nSPS) is 24.9. The molecule has 1 aliphatic heterocycles. The molecule has 1 saturated carbocycles. The Hall–Kier alpha value is -0.570. The Balaban J connectivity index is 1.76. The molecule has 68 valence electrons. The van der Waals surface area contributed by atoms with Crippen LogP contribution < -0.4 is 0 Å². The number of amides is 1. The Kier molecular flexibility index (Phi) is 2.05. The average molecular weight is 169 g/mol. The van der Waals surface area contributed by atoms with Crippen molar-refractivity contribution in [3.63, 3.8) is 0 Å². The molecule has 3 heteroatoms. The second kappa shape index (κ2) is 3.05. The van der Waals surface area contributed by atoms with E-state index in [1.165, 1.54) is 6.42 Å². The molecule has 1 aliphatic carbocycles. The van der Waals surface area contributed by atoms with E-state index < -0.39 is 0 Å². The molecule has 0 atom stereocenters. The van der Waals surface area contributed by atoms with Crippen LogP contribution in [0.3, 0.4) is 0 Å². The van der Waals surface area contributed by atoms with Gasteiger partial charge < -0.3 is 10.0 Å². The van der Waals surface area contributed by atoms with Gasteiger partial charge in [0.05, 0.1) is 0 Å². The fraction of sp³-hybridized carbons (Fsp3) is 0.889. The number of hydrogen-bond acceptors (Lipinski definition) is 2. The van der Waals surface area contributed by atoms with Gasteiger partial charge in [0.1, 0.15) is 0 Å². The van der Waals surface area contributed by atoms with Crippen molar-refractivity contribution >= 4 is 5.91 Å². The van der Waals surface area contributed by atoms with Gasteiger partial charge in [0.15, 0.2) is 0 Å². The summed E-state index contributed by atoms with van der Waals surface area (Å²) < 4.78 is 0. The Morgan fingerprint density at radius 2 is 2.08 bits per heavy atom. The van der Waals surface area contributed by atoms with Crippen molar-refractivity contribution in [1.82, 2.24) is 4.90 Å². The van der Waals surface area contributed by atoms with Crippen molar-refractivity contribution in [2.75, 3.05) is 19.7 Å². The first kappa shape index (κ1) is 8.05. The molecule has 1 heterocycles. The van der Waals surface area contributed by atoms with Crippen molar-refractivity contribution in [1.29, 1.82) is 0 Å². The van der Waals surface area contributed by atoms with Crippen LogP contribution in [0.4, 0.5) is 0 Å². The highest BCUT2D eigenvalue weighted by molar-refractivity contribution is 5.80. The zero-order chi connectivity index (χ0) is 8.55. The molecule has 0 spiro atoms. The van der Waals surface area contributed by atoms with Gasteiger partial charge in [-0.3, -0.25) is 4.79 Å². The summed E-state index contributed by atoms with van der Waals surface area (Å²) in [6, 6.07) is 0. The number of carbonyl (C=O) groups is 1. The second-order valence-corrected chi connectivity index (χ2v) is 3.92. The molecule has 3 nitrogen and oxygen atoms in total. The monoisotopic (exact) mass is 169 g/mol. The molecule has 0 aromatic rings. The van der Waals surface area contributed by atoms with E-state index in [2.05, 4.69) is 0 Å². The summed E-state index contributed by atoms with van der Waals surface area (Å²) in [5.74, 6) is 1.00. The van der Waals surface area contributed by atoms with E-state index in [0.29, 0.717) is 17.7 Å². The van der Waals surface area contributed by atoms with Crippen LogP contribution in [0.15, 0.2) is 0 Å². The lowest BCUT2D eigenvalue weighted by Gasteiger charge is -2.41. The minimum Gasteiger partial charge on any atom is -0.396 e. The van der Waals surface area contributed by atoms with Crippen molar-refractivity contribution < 1.29 is 9.90 Å². The van der Waals surface area contributed by atoms with E-state index in [0.717, 1.165) is 25.9 Å². The summed E-state index contributed by atoms with van der Waals surface area (Å²) in [6.45, 7) is 1.80. The average Bonchev–Trinajstić information content (AvgIpc) is 1.80. The van der Waals surface area contributed by atoms with E-state index in [4.69, 9.17) is 5.11 Å². The highest BCUT2D eigenvalue weighted by Crippen LogP contribution is 2.30. The van der Waals surface area contributed by atoms with Crippen LogP contribution in [-0.4, -0.2) is 35.6 Å². The smallest absolute Gasteiger partial charge is 0.225 e. The van der Waals surface area contributed by atoms with Crippen LogP contribution in [0.1, 0.15) is 19.3 Å². The van der Waals surface area contributed by atoms with Crippen molar-refractivity contribution in [2.45, 2.75) is 19.3 Å². The number of nitrogens with zero attached hydrogens (tertiary/aromatic N) is 1. The first-order valence-corrected chi connectivity index (χ1v) is 4.71. The van der Waals surface area contributed by atoms with Crippen LogP contribution >= 0.6 is 0 Å². The molecule has 1 amide bonds. The third-order valence-corrected chi connectivity index (χ3v) is 2.98. The molecule has 2 fully saturated rings. The largest absolute Gasteiger partial charge is 0.396 e. The van der Waals surface area contributed by atoms with Gasteiger partial charge in [0, 0.05) is 31.5 Å². The third kappa shape index (κ3) is 1.22. The summed E-state index contributed by atoms with van der Waals surface area (Å²) in [4.78, 5) is 13.4. The topological polar surface area (TPSA) is 40.5 Å². The molecule has 0 bridgehead atoms. The quantitative estimate of drug-likeness (QED) is 0.643. The van der Waals surface area contributed by atoms with Crippen LogP contribution in [0.5, 0.6) is 0 Å². The standard InChI is InChI=1S/C9H15NO2/c11-6-7-4-10(5-7)9(12)8-2-1-3-8/h7-8,11H,1-6H2. The maximum absolute atomic E-state index is 11.5. The molecular formula is C9H15NO2. The number of aliphatic hydroxyl groups excluding tert-OH is 1. The molecule has 0 radical (unpaired) electrons. The fourth-order valence-corrected chi connectivity index (χ4v) is 1.78. The zero-order valence-corrected chi connectivity index (χ0v) is 7.20. The Morgan fingerprint density at radius 3 is 2.50 bits per heavy atom. The maximum atomic E-state index is 11.5. The molecule has 0 aromatic carbocycles. The number of rotatable bonds is 2.